The van der Waals surface area contributed by atoms with Gasteiger partial charge in [0.05, 0.1) is 0 Å². The smallest absolute Gasteiger partial charge is 0.212 e. The molecule has 1 aliphatic heterocycles. The van der Waals surface area contributed by atoms with Gasteiger partial charge in [-0.2, -0.15) is 0 Å². The van der Waals surface area contributed by atoms with E-state index in [4.69, 9.17) is 0 Å². The Hall–Kier alpha value is -2.88. The summed E-state index contributed by atoms with van der Waals surface area (Å²) in [5, 5.41) is 0. The predicted molar refractivity (Wildman–Crippen MR) is 105 cm³/mol. The van der Waals surface area contributed by atoms with Gasteiger partial charge in [0.1, 0.15) is 11.4 Å². The first kappa shape index (κ1) is 17.5. The van der Waals surface area contributed by atoms with Crippen LogP contribution in [0.3, 0.4) is 0 Å². The molecule has 2 aliphatic rings. The Bertz CT molecular complexity index is 896. The van der Waals surface area contributed by atoms with Gasteiger partial charge in [-0.15, -0.1) is 0 Å². The van der Waals surface area contributed by atoms with E-state index in [1.165, 1.54) is 0 Å². The molecule has 4 nitrogen and oxygen atoms in total. The van der Waals surface area contributed by atoms with Crippen LogP contribution < -0.4 is 0 Å². The van der Waals surface area contributed by atoms with Crippen LogP contribution in [0.15, 0.2) is 66.0 Å². The topological polar surface area (TPSA) is 40.6 Å². The van der Waals surface area contributed by atoms with Gasteiger partial charge < -0.3 is 9.80 Å². The molecule has 0 atom stereocenters. The van der Waals surface area contributed by atoms with Gasteiger partial charge in [0.2, 0.25) is 11.6 Å². The van der Waals surface area contributed by atoms with Gasteiger partial charge in [-0.3, -0.25) is 9.59 Å². The second kappa shape index (κ2) is 7.39. The number of hydrogen-bond donors (Lipinski definition) is 0. The summed E-state index contributed by atoms with van der Waals surface area (Å²) in [6, 6.07) is 17.3. The summed E-state index contributed by atoms with van der Waals surface area (Å²) >= 11 is 0. The highest BCUT2D eigenvalue weighted by Crippen LogP contribution is 2.32. The van der Waals surface area contributed by atoms with Crippen molar-refractivity contribution >= 4 is 11.6 Å². The van der Waals surface area contributed by atoms with Crippen molar-refractivity contribution < 1.29 is 9.59 Å². The monoisotopic (exact) mass is 360 g/mol. The van der Waals surface area contributed by atoms with Crippen LogP contribution in [-0.2, 0) is 6.54 Å². The van der Waals surface area contributed by atoms with Gasteiger partial charge >= 0.3 is 0 Å². The number of allylic oxidation sites excluding steroid dienone is 2. The molecule has 0 saturated carbocycles. The Morgan fingerprint density at radius 3 is 2.07 bits per heavy atom. The lowest BCUT2D eigenvalue weighted by Crippen LogP contribution is -2.39. The molecule has 0 spiro atoms. The molecule has 4 rings (SSSR count). The number of fused-ring (bicyclic) bond motifs is 1. The van der Waals surface area contributed by atoms with E-state index in [-0.39, 0.29) is 11.6 Å². The maximum absolute atomic E-state index is 13.4. The molecule has 1 saturated heterocycles. The normalized spacial score (nSPS) is 16.7. The maximum Gasteiger partial charge on any atom is 0.212 e. The second-order valence-electron chi connectivity index (χ2n) is 7.09. The van der Waals surface area contributed by atoms with E-state index in [2.05, 4.69) is 21.9 Å². The van der Waals surface area contributed by atoms with Crippen LogP contribution in [0.25, 0.3) is 0 Å². The van der Waals surface area contributed by atoms with Gasteiger partial charge in [-0.1, -0.05) is 54.6 Å². The number of carbonyl (C=O) groups is 2. The Kier molecular flexibility index (Phi) is 4.80. The van der Waals surface area contributed by atoms with Crippen LogP contribution in [0.2, 0.25) is 0 Å². The zero-order valence-electron chi connectivity index (χ0n) is 15.6. The molecular weight excluding hydrogens is 336 g/mol. The molecular formula is C23H24N2O2. The molecule has 0 unspecified atom stereocenters. The summed E-state index contributed by atoms with van der Waals surface area (Å²) in [6.45, 7) is 5.00. The van der Waals surface area contributed by atoms with E-state index in [0.717, 1.165) is 31.5 Å². The SMILES string of the molecule is CCN(Cc1ccccc1)C1=C(N2CCCC2)C(=O)c2ccccc2C1=O. The Morgan fingerprint density at radius 1 is 0.852 bits per heavy atom. The van der Waals surface area contributed by atoms with Gasteiger partial charge in [0, 0.05) is 37.3 Å². The van der Waals surface area contributed by atoms with Crippen LogP contribution in [0, 0.1) is 0 Å². The Balaban J connectivity index is 1.82. The standard InChI is InChI=1S/C23H24N2O2/c1-2-24(16-17-10-4-3-5-11-17)20-21(25-14-8-9-15-25)23(27)19-13-7-6-12-18(19)22(20)26/h3-7,10-13H,2,8-9,14-16H2,1H3. The molecule has 1 fully saturated rings. The van der Waals surface area contributed by atoms with E-state index >= 15 is 0 Å². The largest absolute Gasteiger partial charge is 0.367 e. The molecule has 138 valence electrons. The summed E-state index contributed by atoms with van der Waals surface area (Å²) < 4.78 is 0. The molecule has 2 aromatic carbocycles. The molecule has 2 aromatic rings. The average Bonchev–Trinajstić information content (AvgIpc) is 3.24. The third-order valence-electron chi connectivity index (χ3n) is 5.41. The molecule has 4 heteroatoms. The van der Waals surface area contributed by atoms with Crippen molar-refractivity contribution in [3.8, 4) is 0 Å². The van der Waals surface area contributed by atoms with Crippen molar-refractivity contribution in [3.63, 3.8) is 0 Å². The first-order valence-corrected chi connectivity index (χ1v) is 9.67. The second-order valence-corrected chi connectivity index (χ2v) is 7.09. The van der Waals surface area contributed by atoms with Crippen LogP contribution >= 0.6 is 0 Å². The number of likely N-dealkylation sites (N-methyl/N-ethyl adjacent to an activating group) is 1. The zero-order chi connectivity index (χ0) is 18.8. The summed E-state index contributed by atoms with van der Waals surface area (Å²) in [4.78, 5) is 31.0. The minimum absolute atomic E-state index is 0.0198. The molecule has 0 radical (unpaired) electrons. The molecule has 1 aliphatic carbocycles. The van der Waals surface area contributed by atoms with Crippen LogP contribution in [0.5, 0.6) is 0 Å². The van der Waals surface area contributed by atoms with E-state index in [9.17, 15) is 9.59 Å². The molecule has 0 N–H and O–H groups in total. The number of hydrogen-bond acceptors (Lipinski definition) is 4. The quantitative estimate of drug-likeness (QED) is 0.811. The fourth-order valence-electron chi connectivity index (χ4n) is 4.03. The predicted octanol–water partition coefficient (Wildman–Crippen LogP) is 3.90. The van der Waals surface area contributed by atoms with E-state index in [1.807, 2.05) is 37.3 Å². The molecule has 27 heavy (non-hydrogen) atoms. The van der Waals surface area contributed by atoms with Crippen molar-refractivity contribution in [2.24, 2.45) is 0 Å². The molecule has 0 bridgehead atoms. The number of ketones is 2. The highest BCUT2D eigenvalue weighted by Gasteiger charge is 2.37. The van der Waals surface area contributed by atoms with Crippen molar-refractivity contribution in [1.82, 2.24) is 9.80 Å². The first-order chi connectivity index (χ1) is 13.2. The van der Waals surface area contributed by atoms with Crippen molar-refractivity contribution in [1.29, 1.82) is 0 Å². The fraction of sp³-hybridized carbons (Fsp3) is 0.304. The van der Waals surface area contributed by atoms with Gasteiger partial charge in [-0.05, 0) is 25.3 Å². The fourth-order valence-corrected chi connectivity index (χ4v) is 4.03. The van der Waals surface area contributed by atoms with Crippen molar-refractivity contribution in [2.75, 3.05) is 19.6 Å². The lowest BCUT2D eigenvalue weighted by atomic mass is 9.89. The Morgan fingerprint density at radius 2 is 1.44 bits per heavy atom. The van der Waals surface area contributed by atoms with Crippen molar-refractivity contribution in [2.45, 2.75) is 26.3 Å². The average molecular weight is 360 g/mol. The van der Waals surface area contributed by atoms with Gasteiger partial charge in [0.15, 0.2) is 0 Å². The lowest BCUT2D eigenvalue weighted by molar-refractivity contribution is 0.0911. The van der Waals surface area contributed by atoms with Crippen LogP contribution in [-0.4, -0.2) is 41.0 Å². The van der Waals surface area contributed by atoms with Gasteiger partial charge in [0.25, 0.3) is 0 Å². The molecule has 0 amide bonds. The maximum atomic E-state index is 13.4. The summed E-state index contributed by atoms with van der Waals surface area (Å²) in [5.41, 5.74) is 3.34. The highest BCUT2D eigenvalue weighted by atomic mass is 16.1. The third kappa shape index (κ3) is 3.16. The number of benzene rings is 2. The third-order valence-corrected chi connectivity index (χ3v) is 5.41. The number of carbonyl (C=O) groups excluding carboxylic acids is 2. The first-order valence-electron chi connectivity index (χ1n) is 9.67. The summed E-state index contributed by atoms with van der Waals surface area (Å²) in [6.07, 6.45) is 2.12. The number of rotatable bonds is 5. The molecule has 0 aromatic heterocycles. The Labute approximate surface area is 160 Å². The number of likely N-dealkylation sites (tertiary alicyclic amines) is 1. The van der Waals surface area contributed by atoms with Crippen LogP contribution in [0.4, 0.5) is 0 Å². The number of Topliss-reactive ketones (excluding diaryl/α,β-unsaturated/α-hetero) is 2. The minimum atomic E-state index is -0.0371. The van der Waals surface area contributed by atoms with Gasteiger partial charge in [-0.25, -0.2) is 0 Å². The highest BCUT2D eigenvalue weighted by molar-refractivity contribution is 6.26. The van der Waals surface area contributed by atoms with Crippen LogP contribution in [0.1, 0.15) is 46.0 Å². The lowest BCUT2D eigenvalue weighted by Gasteiger charge is -2.34. The van der Waals surface area contributed by atoms with E-state index in [1.54, 1.807) is 12.1 Å². The molecule has 1 heterocycles. The zero-order valence-corrected chi connectivity index (χ0v) is 15.6. The van der Waals surface area contributed by atoms with E-state index in [0.29, 0.717) is 35.6 Å². The van der Waals surface area contributed by atoms with E-state index < -0.39 is 0 Å². The number of nitrogens with zero attached hydrogens (tertiary/aromatic N) is 2. The minimum Gasteiger partial charge on any atom is -0.367 e. The summed E-state index contributed by atoms with van der Waals surface area (Å²) in [7, 11) is 0. The summed E-state index contributed by atoms with van der Waals surface area (Å²) in [5.74, 6) is -0.0570. The van der Waals surface area contributed by atoms with Crippen molar-refractivity contribution in [3.05, 3.63) is 82.7 Å².